The van der Waals surface area contributed by atoms with E-state index in [-0.39, 0.29) is 30.8 Å². The predicted molar refractivity (Wildman–Crippen MR) is 102 cm³/mol. The first-order chi connectivity index (χ1) is 13.5. The summed E-state index contributed by atoms with van der Waals surface area (Å²) < 4.78 is 11.0. The summed E-state index contributed by atoms with van der Waals surface area (Å²) in [6, 6.07) is 11.9. The molecule has 4 rings (SSSR count). The molecule has 2 aromatic rings. The first-order valence-electron chi connectivity index (χ1n) is 8.87. The van der Waals surface area contributed by atoms with Crippen molar-refractivity contribution < 1.29 is 23.9 Å². The van der Waals surface area contributed by atoms with Crippen LogP contribution in [0, 0.1) is 0 Å². The number of ether oxygens (including phenoxy) is 2. The van der Waals surface area contributed by atoms with E-state index in [9.17, 15) is 14.4 Å². The molecule has 0 atom stereocenters. The van der Waals surface area contributed by atoms with Crippen LogP contribution in [0.2, 0.25) is 0 Å². The van der Waals surface area contributed by atoms with Crippen LogP contribution < -0.4 is 19.7 Å². The lowest BCUT2D eigenvalue weighted by Gasteiger charge is -2.22. The van der Waals surface area contributed by atoms with Gasteiger partial charge in [0.25, 0.3) is 5.91 Å². The number of rotatable bonds is 3. The monoisotopic (exact) mass is 381 g/mol. The minimum atomic E-state index is -0.378. The minimum Gasteiger partial charge on any atom is -0.486 e. The number of benzene rings is 2. The van der Waals surface area contributed by atoms with Gasteiger partial charge in [-0.2, -0.15) is 0 Å². The second kappa shape index (κ2) is 7.22. The van der Waals surface area contributed by atoms with Crippen LogP contribution in [-0.4, -0.2) is 56.0 Å². The van der Waals surface area contributed by atoms with E-state index in [1.807, 2.05) is 0 Å². The molecule has 0 aromatic heterocycles. The van der Waals surface area contributed by atoms with Crippen molar-refractivity contribution in [1.29, 1.82) is 0 Å². The number of carbonyl (C=O) groups excluding carboxylic acids is 3. The molecular formula is C20H19N3O5. The molecule has 0 aliphatic carbocycles. The standard InChI is InChI=1S/C20H19N3O5/c1-22-12-19(25)23(15-5-3-2-4-14(15)20(22)26)11-18(24)21-13-6-7-16-17(10-13)28-9-8-27-16/h2-7,10H,8-9,11-12H2,1H3,(H,21,24). The zero-order valence-corrected chi connectivity index (χ0v) is 15.3. The molecule has 0 bridgehead atoms. The molecule has 0 spiro atoms. The fourth-order valence-electron chi connectivity index (χ4n) is 3.23. The molecule has 0 fully saturated rings. The summed E-state index contributed by atoms with van der Waals surface area (Å²) in [7, 11) is 1.57. The number of anilines is 2. The van der Waals surface area contributed by atoms with Gasteiger partial charge in [0.1, 0.15) is 26.3 Å². The largest absolute Gasteiger partial charge is 0.486 e. The first-order valence-corrected chi connectivity index (χ1v) is 8.87. The van der Waals surface area contributed by atoms with Gasteiger partial charge in [0.15, 0.2) is 11.5 Å². The molecule has 2 aliphatic rings. The molecule has 1 N–H and O–H groups in total. The van der Waals surface area contributed by atoms with Crippen LogP contribution in [0.5, 0.6) is 11.5 Å². The Balaban J connectivity index is 1.54. The highest BCUT2D eigenvalue weighted by Gasteiger charge is 2.30. The fraction of sp³-hybridized carbons (Fsp3) is 0.250. The molecule has 8 heteroatoms. The predicted octanol–water partition coefficient (Wildman–Crippen LogP) is 1.52. The van der Waals surface area contributed by atoms with Crippen molar-refractivity contribution in [3.05, 3.63) is 48.0 Å². The Labute approximate surface area is 161 Å². The first kappa shape index (κ1) is 17.8. The van der Waals surface area contributed by atoms with Gasteiger partial charge in [0, 0.05) is 18.8 Å². The van der Waals surface area contributed by atoms with Crippen molar-refractivity contribution in [3.8, 4) is 11.5 Å². The number of para-hydroxylation sites is 1. The lowest BCUT2D eigenvalue weighted by molar-refractivity contribution is -0.121. The Morgan fingerprint density at radius 3 is 2.64 bits per heavy atom. The number of nitrogens with one attached hydrogen (secondary N) is 1. The van der Waals surface area contributed by atoms with E-state index in [1.165, 1.54) is 9.80 Å². The van der Waals surface area contributed by atoms with Gasteiger partial charge in [-0.05, 0) is 24.3 Å². The van der Waals surface area contributed by atoms with Crippen molar-refractivity contribution in [1.82, 2.24) is 4.90 Å². The third-order valence-electron chi connectivity index (χ3n) is 4.57. The Kier molecular flexibility index (Phi) is 4.60. The van der Waals surface area contributed by atoms with Gasteiger partial charge in [0.2, 0.25) is 11.8 Å². The van der Waals surface area contributed by atoms with Crippen molar-refractivity contribution in [3.63, 3.8) is 0 Å². The van der Waals surface area contributed by atoms with Crippen molar-refractivity contribution in [2.45, 2.75) is 0 Å². The van der Waals surface area contributed by atoms with Crippen molar-refractivity contribution >= 4 is 29.1 Å². The third kappa shape index (κ3) is 3.36. The second-order valence-corrected chi connectivity index (χ2v) is 6.56. The summed E-state index contributed by atoms with van der Waals surface area (Å²) in [5.41, 5.74) is 1.36. The van der Waals surface area contributed by atoms with Gasteiger partial charge in [-0.1, -0.05) is 12.1 Å². The van der Waals surface area contributed by atoms with Crippen LogP contribution in [0.4, 0.5) is 11.4 Å². The van der Waals surface area contributed by atoms with E-state index in [0.29, 0.717) is 41.7 Å². The van der Waals surface area contributed by atoms with Gasteiger partial charge in [-0.15, -0.1) is 0 Å². The van der Waals surface area contributed by atoms with E-state index in [2.05, 4.69) is 5.32 Å². The Morgan fingerprint density at radius 1 is 1.07 bits per heavy atom. The Morgan fingerprint density at radius 2 is 1.82 bits per heavy atom. The lowest BCUT2D eigenvalue weighted by atomic mass is 10.1. The number of likely N-dealkylation sites (N-methyl/N-ethyl adjacent to an activating group) is 1. The van der Waals surface area contributed by atoms with Crippen molar-refractivity contribution in [2.75, 3.05) is 43.6 Å². The minimum absolute atomic E-state index is 0.0924. The van der Waals surface area contributed by atoms with Crippen LogP contribution >= 0.6 is 0 Å². The average molecular weight is 381 g/mol. The summed E-state index contributed by atoms with van der Waals surface area (Å²) in [6.45, 7) is 0.642. The molecule has 8 nitrogen and oxygen atoms in total. The van der Waals surface area contributed by atoms with Gasteiger partial charge in [0.05, 0.1) is 11.3 Å². The summed E-state index contributed by atoms with van der Waals surface area (Å²) in [4.78, 5) is 40.4. The second-order valence-electron chi connectivity index (χ2n) is 6.56. The molecule has 144 valence electrons. The number of nitrogens with zero attached hydrogens (tertiary/aromatic N) is 2. The van der Waals surface area contributed by atoms with Gasteiger partial charge >= 0.3 is 0 Å². The van der Waals surface area contributed by atoms with E-state index in [4.69, 9.17) is 9.47 Å². The smallest absolute Gasteiger partial charge is 0.256 e. The molecule has 0 saturated carbocycles. The van der Waals surface area contributed by atoms with Crippen LogP contribution in [0.1, 0.15) is 10.4 Å². The molecule has 2 heterocycles. The van der Waals surface area contributed by atoms with E-state index in [0.717, 1.165) is 0 Å². The van der Waals surface area contributed by atoms with Gasteiger partial charge in [-0.25, -0.2) is 0 Å². The SMILES string of the molecule is CN1CC(=O)N(CC(=O)Nc2ccc3c(c2)OCCO3)c2ccccc2C1=O. The molecule has 28 heavy (non-hydrogen) atoms. The van der Waals surface area contributed by atoms with Gasteiger partial charge in [-0.3, -0.25) is 14.4 Å². The average Bonchev–Trinajstić information content (AvgIpc) is 2.79. The third-order valence-corrected chi connectivity index (χ3v) is 4.57. The molecule has 0 saturated heterocycles. The van der Waals surface area contributed by atoms with Crippen LogP contribution in [0.3, 0.4) is 0 Å². The quantitative estimate of drug-likeness (QED) is 0.871. The summed E-state index contributed by atoms with van der Waals surface area (Å²) >= 11 is 0. The Bertz CT molecular complexity index is 959. The molecule has 0 radical (unpaired) electrons. The maximum atomic E-state index is 12.6. The zero-order valence-electron chi connectivity index (χ0n) is 15.3. The maximum absolute atomic E-state index is 12.6. The highest BCUT2D eigenvalue weighted by molar-refractivity contribution is 6.12. The number of hydrogen-bond donors (Lipinski definition) is 1. The van der Waals surface area contributed by atoms with Crippen LogP contribution in [0.15, 0.2) is 42.5 Å². The highest BCUT2D eigenvalue weighted by Crippen LogP contribution is 2.32. The molecule has 3 amide bonds. The van der Waals surface area contributed by atoms with E-state index < -0.39 is 0 Å². The molecular weight excluding hydrogens is 362 g/mol. The highest BCUT2D eigenvalue weighted by atomic mass is 16.6. The van der Waals surface area contributed by atoms with Crippen molar-refractivity contribution in [2.24, 2.45) is 0 Å². The summed E-state index contributed by atoms with van der Waals surface area (Å²) in [6.07, 6.45) is 0. The number of carbonyl (C=O) groups is 3. The molecule has 2 aliphatic heterocycles. The van der Waals surface area contributed by atoms with Crippen LogP contribution in [0.25, 0.3) is 0 Å². The molecule has 2 aromatic carbocycles. The summed E-state index contributed by atoms with van der Waals surface area (Å²) in [5.74, 6) is 0.239. The Hall–Kier alpha value is -3.55. The fourth-order valence-corrected chi connectivity index (χ4v) is 3.23. The number of hydrogen-bond acceptors (Lipinski definition) is 5. The maximum Gasteiger partial charge on any atom is 0.256 e. The van der Waals surface area contributed by atoms with E-state index in [1.54, 1.807) is 49.5 Å². The lowest BCUT2D eigenvalue weighted by Crippen LogP contribution is -2.41. The summed E-state index contributed by atoms with van der Waals surface area (Å²) in [5, 5.41) is 2.77. The van der Waals surface area contributed by atoms with E-state index >= 15 is 0 Å². The number of amides is 3. The normalized spacial score (nSPS) is 15.8. The molecule has 0 unspecified atom stereocenters. The van der Waals surface area contributed by atoms with Gasteiger partial charge < -0.3 is 24.6 Å². The number of fused-ring (bicyclic) bond motifs is 2. The zero-order chi connectivity index (χ0) is 19.7. The topological polar surface area (TPSA) is 88.2 Å². The van der Waals surface area contributed by atoms with Crippen LogP contribution in [-0.2, 0) is 9.59 Å².